The zero-order valence-corrected chi connectivity index (χ0v) is 12.6. The molecular formula is C10H16Cl3Ti-2. The van der Waals surface area contributed by atoms with Gasteiger partial charge >= 0.3 is 21.7 Å². The van der Waals surface area contributed by atoms with E-state index in [-0.39, 0.29) is 58.9 Å². The Morgan fingerprint density at radius 2 is 1.29 bits per heavy atom. The van der Waals surface area contributed by atoms with E-state index in [2.05, 4.69) is 20.8 Å². The first kappa shape index (κ1) is 29.4. The minimum atomic E-state index is 0. The summed E-state index contributed by atoms with van der Waals surface area (Å²) in [5, 5.41) is 0. The normalized spacial score (nSPS) is 6.29. The van der Waals surface area contributed by atoms with Crippen LogP contribution in [0, 0.1) is 5.92 Å². The van der Waals surface area contributed by atoms with Crippen LogP contribution < -0.4 is 37.2 Å². The topological polar surface area (TPSA) is 0 Å². The number of hydrogen-bond acceptors (Lipinski definition) is 0. The Kier molecular flexibility index (Phi) is 49.6. The average molecular weight is 290 g/mol. The van der Waals surface area contributed by atoms with Crippen LogP contribution in [0.4, 0.5) is 0 Å². The van der Waals surface area contributed by atoms with Gasteiger partial charge in [-0.15, -0.1) is 0 Å². The van der Waals surface area contributed by atoms with Gasteiger partial charge in [0.25, 0.3) is 0 Å². The first-order chi connectivity index (χ1) is 4.77. The van der Waals surface area contributed by atoms with E-state index in [4.69, 9.17) is 0 Å². The molecule has 1 radical (unpaired) electrons. The standard InChI is InChI=1S/C5H5.C5H11.3ClH.Ti/c1-2-4-5-3-1;1-4-5(2)3;;;;/h1-5H;4H2,1-3H3;3*1H;/q2*-1;;;;+3/p-3. The van der Waals surface area contributed by atoms with Crippen molar-refractivity contribution in [3.8, 4) is 0 Å². The van der Waals surface area contributed by atoms with Crippen LogP contribution in [0.3, 0.4) is 0 Å². The maximum absolute atomic E-state index is 2.16. The van der Waals surface area contributed by atoms with Crippen molar-refractivity contribution in [1.82, 2.24) is 0 Å². The van der Waals surface area contributed by atoms with Gasteiger partial charge in [0.2, 0.25) is 0 Å². The van der Waals surface area contributed by atoms with Crippen molar-refractivity contribution >= 4 is 0 Å². The molecule has 83 valence electrons. The third-order valence-corrected chi connectivity index (χ3v) is 1.26. The Balaban J connectivity index is -0.0000000300. The largest absolute Gasteiger partial charge is 3.00 e. The van der Waals surface area contributed by atoms with E-state index in [0.717, 1.165) is 0 Å². The molecule has 0 atom stereocenters. The molecule has 0 aromatic heterocycles. The third kappa shape index (κ3) is 29.3. The van der Waals surface area contributed by atoms with Crippen LogP contribution in [0.1, 0.15) is 27.2 Å². The molecule has 4 heteroatoms. The van der Waals surface area contributed by atoms with Gasteiger partial charge in [-0.05, 0) is 0 Å². The predicted octanol–water partition coefficient (Wildman–Crippen LogP) is -5.57. The molecule has 0 amide bonds. The van der Waals surface area contributed by atoms with Gasteiger partial charge < -0.3 is 43.1 Å². The van der Waals surface area contributed by atoms with E-state index >= 15 is 0 Å². The van der Waals surface area contributed by atoms with Crippen LogP contribution in [-0.4, -0.2) is 0 Å². The summed E-state index contributed by atoms with van der Waals surface area (Å²) in [5.41, 5.74) is 0. The average Bonchev–Trinajstić information content (AvgIpc) is 2.43. The molecule has 0 aliphatic heterocycles. The van der Waals surface area contributed by atoms with Crippen LogP contribution in [-0.2, 0) is 21.7 Å². The molecule has 1 aromatic carbocycles. The summed E-state index contributed by atoms with van der Waals surface area (Å²) in [6.45, 7) is 6.44. The second kappa shape index (κ2) is 23.6. The fourth-order valence-corrected chi connectivity index (χ4v) is 0.321. The summed E-state index contributed by atoms with van der Waals surface area (Å²) in [6, 6.07) is 10.0. The predicted molar refractivity (Wildman–Crippen MR) is 46.9 cm³/mol. The molecule has 14 heavy (non-hydrogen) atoms. The minimum absolute atomic E-state index is 0. The minimum Gasteiger partial charge on any atom is -1.00 e. The Labute approximate surface area is 122 Å². The first-order valence-electron chi connectivity index (χ1n) is 3.73. The molecule has 0 heterocycles. The van der Waals surface area contributed by atoms with Gasteiger partial charge in [-0.25, -0.2) is 12.1 Å². The summed E-state index contributed by atoms with van der Waals surface area (Å²) >= 11 is 0. The smallest absolute Gasteiger partial charge is 1.00 e. The van der Waals surface area contributed by atoms with Crippen molar-refractivity contribution in [2.75, 3.05) is 0 Å². The molecule has 0 bridgehead atoms. The quantitative estimate of drug-likeness (QED) is 0.357. The zero-order chi connectivity index (χ0) is 7.82. The van der Waals surface area contributed by atoms with Crippen molar-refractivity contribution in [3.63, 3.8) is 0 Å². The van der Waals surface area contributed by atoms with Crippen molar-refractivity contribution in [2.45, 2.75) is 27.2 Å². The molecule has 0 aliphatic rings. The molecule has 0 fully saturated rings. The molecule has 0 nitrogen and oxygen atoms in total. The second-order valence-electron chi connectivity index (χ2n) is 2.52. The molecule has 1 aromatic rings. The molecule has 0 unspecified atom stereocenters. The monoisotopic (exact) mass is 289 g/mol. The van der Waals surface area contributed by atoms with Crippen molar-refractivity contribution < 1.29 is 58.9 Å². The zero-order valence-electron chi connectivity index (χ0n) is 8.73. The number of rotatable bonds is 1. The van der Waals surface area contributed by atoms with E-state index in [1.165, 1.54) is 12.3 Å². The van der Waals surface area contributed by atoms with Crippen LogP contribution >= 0.6 is 0 Å². The van der Waals surface area contributed by atoms with Gasteiger partial charge in [0.15, 0.2) is 0 Å². The van der Waals surface area contributed by atoms with Gasteiger partial charge in [-0.2, -0.15) is 38.5 Å². The first-order valence-corrected chi connectivity index (χ1v) is 3.73. The van der Waals surface area contributed by atoms with E-state index in [1.54, 1.807) is 0 Å². The maximum Gasteiger partial charge on any atom is 3.00 e. The van der Waals surface area contributed by atoms with E-state index in [9.17, 15) is 0 Å². The van der Waals surface area contributed by atoms with Gasteiger partial charge in [0.05, 0.1) is 0 Å². The van der Waals surface area contributed by atoms with Crippen LogP contribution in [0.25, 0.3) is 0 Å². The van der Waals surface area contributed by atoms with Crippen molar-refractivity contribution in [2.24, 2.45) is 0 Å². The van der Waals surface area contributed by atoms with Crippen molar-refractivity contribution in [1.29, 1.82) is 0 Å². The molecule has 1 rings (SSSR count). The Bertz CT molecular complexity index is 113. The van der Waals surface area contributed by atoms with Crippen LogP contribution in [0.5, 0.6) is 0 Å². The summed E-state index contributed by atoms with van der Waals surface area (Å²) in [4.78, 5) is 0. The van der Waals surface area contributed by atoms with E-state index in [1.807, 2.05) is 30.3 Å². The van der Waals surface area contributed by atoms with Gasteiger partial charge in [0.1, 0.15) is 0 Å². The van der Waals surface area contributed by atoms with Gasteiger partial charge in [0, 0.05) is 0 Å². The molecular weight excluding hydrogens is 274 g/mol. The number of hydrogen-bond donors (Lipinski definition) is 0. The Morgan fingerprint density at radius 1 is 1.00 bits per heavy atom. The van der Waals surface area contributed by atoms with Crippen molar-refractivity contribution in [3.05, 3.63) is 36.2 Å². The molecule has 0 saturated carbocycles. The Morgan fingerprint density at radius 3 is 1.36 bits per heavy atom. The van der Waals surface area contributed by atoms with Gasteiger partial charge in [-0.1, -0.05) is 6.92 Å². The van der Waals surface area contributed by atoms with Crippen LogP contribution in [0.2, 0.25) is 0 Å². The fourth-order valence-electron chi connectivity index (χ4n) is 0.321. The van der Waals surface area contributed by atoms with Crippen LogP contribution in [0.15, 0.2) is 30.3 Å². The third-order valence-electron chi connectivity index (χ3n) is 1.26. The summed E-state index contributed by atoms with van der Waals surface area (Å²) in [6.07, 6.45) is 1.22. The molecule has 0 aliphatic carbocycles. The van der Waals surface area contributed by atoms with E-state index < -0.39 is 0 Å². The molecule has 0 saturated heterocycles. The van der Waals surface area contributed by atoms with E-state index in [0.29, 0.717) is 0 Å². The Hall–Kier alpha value is 0.934. The SMILES string of the molecule is CC[C-](C)C.[Cl-].[Cl-].[Cl-].[Ti+3].c1cc[cH-]c1. The fraction of sp³-hybridized carbons (Fsp3) is 0.400. The molecule has 0 spiro atoms. The van der Waals surface area contributed by atoms with Gasteiger partial charge in [-0.3, -0.25) is 0 Å². The second-order valence-corrected chi connectivity index (χ2v) is 2.52. The number of halogens is 3. The maximum atomic E-state index is 2.16. The summed E-state index contributed by atoms with van der Waals surface area (Å²) < 4.78 is 0. The summed E-state index contributed by atoms with van der Waals surface area (Å²) in [7, 11) is 0. The molecule has 0 N–H and O–H groups in total. The summed E-state index contributed by atoms with van der Waals surface area (Å²) in [5.74, 6) is 1.50.